The van der Waals surface area contributed by atoms with E-state index >= 15 is 0 Å². The zero-order valence-electron chi connectivity index (χ0n) is 15.0. The van der Waals surface area contributed by atoms with Crippen molar-refractivity contribution in [3.05, 3.63) is 35.9 Å². The quantitative estimate of drug-likeness (QED) is 0.870. The van der Waals surface area contributed by atoms with Gasteiger partial charge >= 0.3 is 5.97 Å². The fourth-order valence-electron chi connectivity index (χ4n) is 3.77. The molecule has 6 nitrogen and oxygen atoms in total. The monoisotopic (exact) mass is 358 g/mol. The van der Waals surface area contributed by atoms with E-state index in [4.69, 9.17) is 5.11 Å². The minimum atomic E-state index is -0.873. The molecule has 6 heteroatoms. The van der Waals surface area contributed by atoms with Crippen LogP contribution in [-0.4, -0.2) is 58.9 Å². The van der Waals surface area contributed by atoms with Crippen molar-refractivity contribution >= 4 is 17.8 Å². The molecule has 2 amide bonds. The Hall–Kier alpha value is -2.37. The third-order valence-electron chi connectivity index (χ3n) is 5.54. The van der Waals surface area contributed by atoms with Gasteiger partial charge in [0.2, 0.25) is 11.8 Å². The molecule has 2 fully saturated rings. The molecule has 2 aliphatic rings. The lowest BCUT2D eigenvalue weighted by Gasteiger charge is -2.36. The Bertz CT molecular complexity index is 661. The van der Waals surface area contributed by atoms with Gasteiger partial charge in [-0.3, -0.25) is 14.4 Å². The van der Waals surface area contributed by atoms with E-state index in [0.717, 1.165) is 18.4 Å². The lowest BCUT2D eigenvalue weighted by atomic mass is 9.73. The van der Waals surface area contributed by atoms with Crippen LogP contribution in [0.4, 0.5) is 0 Å². The highest BCUT2D eigenvalue weighted by atomic mass is 16.4. The van der Waals surface area contributed by atoms with Crippen LogP contribution < -0.4 is 0 Å². The maximum Gasteiger partial charge on any atom is 0.307 e. The van der Waals surface area contributed by atoms with Gasteiger partial charge in [-0.1, -0.05) is 30.3 Å². The number of aryl methyl sites for hydroxylation is 1. The highest BCUT2D eigenvalue weighted by Crippen LogP contribution is 2.36. The van der Waals surface area contributed by atoms with E-state index in [-0.39, 0.29) is 17.7 Å². The van der Waals surface area contributed by atoms with Crippen LogP contribution in [0.25, 0.3) is 0 Å². The van der Waals surface area contributed by atoms with Crippen molar-refractivity contribution in [2.75, 3.05) is 26.2 Å². The molecule has 1 aliphatic heterocycles. The minimum absolute atomic E-state index is 0.0535. The van der Waals surface area contributed by atoms with Crippen LogP contribution in [0, 0.1) is 11.8 Å². The van der Waals surface area contributed by atoms with Crippen LogP contribution >= 0.6 is 0 Å². The average molecular weight is 358 g/mol. The molecular formula is C20H26N2O4. The number of rotatable bonds is 5. The smallest absolute Gasteiger partial charge is 0.307 e. The summed E-state index contributed by atoms with van der Waals surface area (Å²) in [4.78, 5) is 39.8. The summed E-state index contributed by atoms with van der Waals surface area (Å²) in [6.45, 7) is 2.29. The van der Waals surface area contributed by atoms with Crippen molar-refractivity contribution in [1.29, 1.82) is 0 Å². The Morgan fingerprint density at radius 3 is 2.23 bits per heavy atom. The van der Waals surface area contributed by atoms with E-state index in [1.165, 1.54) is 0 Å². The van der Waals surface area contributed by atoms with E-state index in [0.29, 0.717) is 45.4 Å². The highest BCUT2D eigenvalue weighted by Gasteiger charge is 2.43. The van der Waals surface area contributed by atoms with Crippen molar-refractivity contribution in [2.45, 2.75) is 32.1 Å². The Balaban J connectivity index is 1.49. The van der Waals surface area contributed by atoms with Gasteiger partial charge in [0.05, 0.1) is 11.8 Å². The molecule has 3 rings (SSSR count). The van der Waals surface area contributed by atoms with Crippen LogP contribution in [0.2, 0.25) is 0 Å². The third kappa shape index (κ3) is 4.23. The number of hydrogen-bond acceptors (Lipinski definition) is 3. The number of carbonyl (C=O) groups is 3. The summed E-state index contributed by atoms with van der Waals surface area (Å²) in [5.74, 6) is -1.72. The molecule has 0 radical (unpaired) electrons. The molecule has 1 aliphatic carbocycles. The van der Waals surface area contributed by atoms with E-state index in [1.807, 2.05) is 35.2 Å². The van der Waals surface area contributed by atoms with Gasteiger partial charge in [0.1, 0.15) is 0 Å². The number of carboxylic acids is 1. The van der Waals surface area contributed by atoms with Crippen LogP contribution in [0.1, 0.15) is 31.2 Å². The fraction of sp³-hybridized carbons (Fsp3) is 0.550. The fourth-order valence-corrected chi connectivity index (χ4v) is 3.77. The number of hydrogen-bond donors (Lipinski definition) is 1. The second kappa shape index (κ2) is 8.34. The Labute approximate surface area is 153 Å². The molecule has 2 atom stereocenters. The zero-order valence-corrected chi connectivity index (χ0v) is 15.0. The second-order valence-corrected chi connectivity index (χ2v) is 7.17. The summed E-state index contributed by atoms with van der Waals surface area (Å²) < 4.78 is 0. The van der Waals surface area contributed by atoms with Gasteiger partial charge in [-0.15, -0.1) is 0 Å². The van der Waals surface area contributed by atoms with Crippen molar-refractivity contribution in [1.82, 2.24) is 9.80 Å². The lowest BCUT2D eigenvalue weighted by Crippen LogP contribution is -2.47. The molecule has 26 heavy (non-hydrogen) atoms. The first-order chi connectivity index (χ1) is 12.6. The lowest BCUT2D eigenvalue weighted by molar-refractivity contribution is -0.156. The topological polar surface area (TPSA) is 77.9 Å². The first kappa shape index (κ1) is 18.4. The molecule has 1 aromatic carbocycles. The number of benzene rings is 1. The molecule has 1 heterocycles. The molecule has 1 N–H and O–H groups in total. The summed E-state index contributed by atoms with van der Waals surface area (Å²) in [6, 6.07) is 9.95. The molecular weight excluding hydrogens is 332 g/mol. The number of aliphatic carboxylic acids is 1. The summed E-state index contributed by atoms with van der Waals surface area (Å²) in [5, 5.41) is 9.15. The second-order valence-electron chi connectivity index (χ2n) is 7.17. The summed E-state index contributed by atoms with van der Waals surface area (Å²) in [5.41, 5.74) is 1.15. The number of nitrogens with zero attached hydrogens (tertiary/aromatic N) is 2. The molecule has 0 bridgehead atoms. The van der Waals surface area contributed by atoms with Gasteiger partial charge < -0.3 is 14.9 Å². The van der Waals surface area contributed by atoms with E-state index in [1.54, 1.807) is 4.90 Å². The molecule has 0 spiro atoms. The maximum atomic E-state index is 12.6. The Morgan fingerprint density at radius 1 is 0.923 bits per heavy atom. The molecule has 1 saturated heterocycles. The van der Waals surface area contributed by atoms with Crippen LogP contribution in [-0.2, 0) is 20.8 Å². The van der Waals surface area contributed by atoms with Crippen LogP contribution in [0.3, 0.4) is 0 Å². The van der Waals surface area contributed by atoms with Gasteiger partial charge in [0.15, 0.2) is 0 Å². The summed E-state index contributed by atoms with van der Waals surface area (Å²) in [7, 11) is 0. The normalized spacial score (nSPS) is 23.1. The van der Waals surface area contributed by atoms with Gasteiger partial charge in [-0.05, 0) is 31.2 Å². The van der Waals surface area contributed by atoms with Gasteiger partial charge in [-0.2, -0.15) is 0 Å². The van der Waals surface area contributed by atoms with E-state index in [9.17, 15) is 14.4 Å². The number of carboxylic acid groups (broad SMARTS) is 1. The van der Waals surface area contributed by atoms with E-state index < -0.39 is 11.9 Å². The number of carbonyl (C=O) groups excluding carboxylic acids is 2. The van der Waals surface area contributed by atoms with Crippen molar-refractivity contribution < 1.29 is 19.5 Å². The Kier molecular flexibility index (Phi) is 5.91. The maximum absolute atomic E-state index is 12.6. The zero-order chi connectivity index (χ0) is 18.5. The minimum Gasteiger partial charge on any atom is -0.481 e. The predicted molar refractivity (Wildman–Crippen MR) is 96.4 cm³/mol. The van der Waals surface area contributed by atoms with Crippen LogP contribution in [0.5, 0.6) is 0 Å². The first-order valence-electron chi connectivity index (χ1n) is 9.39. The molecule has 0 aromatic heterocycles. The summed E-state index contributed by atoms with van der Waals surface area (Å²) >= 11 is 0. The molecule has 2 unspecified atom stereocenters. The summed E-state index contributed by atoms with van der Waals surface area (Å²) in [6.07, 6.45) is 3.19. The molecule has 140 valence electrons. The van der Waals surface area contributed by atoms with Crippen LogP contribution in [0.15, 0.2) is 30.3 Å². The standard InChI is InChI=1S/C20H26N2O4/c23-18(10-7-15-5-2-1-3-6-15)21-11-4-12-22(14-13-21)19(24)16-8-9-17(16)20(25)26/h1-3,5-6,16-17H,4,7-14H2,(H,25,26). The highest BCUT2D eigenvalue weighted by molar-refractivity contribution is 5.86. The Morgan fingerprint density at radius 2 is 1.58 bits per heavy atom. The SMILES string of the molecule is O=C(O)C1CCC1C(=O)N1CCCN(C(=O)CCc2ccccc2)CC1. The third-order valence-corrected chi connectivity index (χ3v) is 5.54. The van der Waals surface area contributed by atoms with Crippen molar-refractivity contribution in [3.63, 3.8) is 0 Å². The van der Waals surface area contributed by atoms with E-state index in [2.05, 4.69) is 0 Å². The van der Waals surface area contributed by atoms with Gasteiger partial charge in [0, 0.05) is 32.6 Å². The van der Waals surface area contributed by atoms with Gasteiger partial charge in [-0.25, -0.2) is 0 Å². The van der Waals surface area contributed by atoms with Crippen molar-refractivity contribution in [3.8, 4) is 0 Å². The van der Waals surface area contributed by atoms with Crippen molar-refractivity contribution in [2.24, 2.45) is 11.8 Å². The number of amides is 2. The van der Waals surface area contributed by atoms with Gasteiger partial charge in [0.25, 0.3) is 0 Å². The first-order valence-corrected chi connectivity index (χ1v) is 9.39. The molecule has 1 saturated carbocycles. The largest absolute Gasteiger partial charge is 0.481 e. The molecule has 1 aromatic rings. The predicted octanol–water partition coefficient (Wildman–Crippen LogP) is 1.79. The average Bonchev–Trinajstić information content (AvgIpc) is 2.85.